The molecule has 0 spiro atoms. The molecule has 0 aliphatic heterocycles. The normalized spacial score (nSPS) is 12.0. The summed E-state index contributed by atoms with van der Waals surface area (Å²) in [5.74, 6) is 1.67. The molecule has 148 valence electrons. The zero-order chi connectivity index (χ0) is 19.5. The van der Waals surface area contributed by atoms with E-state index in [2.05, 4.69) is 13.8 Å². The first kappa shape index (κ1) is 22.3. The van der Waals surface area contributed by atoms with Gasteiger partial charge in [0.2, 0.25) is 0 Å². The highest BCUT2D eigenvalue weighted by Crippen LogP contribution is 2.43. The van der Waals surface area contributed by atoms with Crippen LogP contribution in [0.4, 0.5) is 0 Å². The Labute approximate surface area is 174 Å². The summed E-state index contributed by atoms with van der Waals surface area (Å²) >= 11 is 12.8. The molecule has 1 atom stereocenters. The quantitative estimate of drug-likeness (QED) is 0.267. The van der Waals surface area contributed by atoms with Crippen molar-refractivity contribution in [1.29, 1.82) is 0 Å². The summed E-state index contributed by atoms with van der Waals surface area (Å²) in [6.07, 6.45) is 6.81. The van der Waals surface area contributed by atoms with E-state index in [1.807, 2.05) is 42.5 Å². The van der Waals surface area contributed by atoms with E-state index in [-0.39, 0.29) is 0 Å². The van der Waals surface area contributed by atoms with Crippen molar-refractivity contribution in [2.24, 2.45) is 0 Å². The van der Waals surface area contributed by atoms with Crippen molar-refractivity contribution in [1.82, 2.24) is 0 Å². The number of benzene rings is 2. The lowest BCUT2D eigenvalue weighted by molar-refractivity contribution is 0.293. The first-order chi connectivity index (χ1) is 13.2. The molecule has 0 radical (unpaired) electrons. The molecule has 0 saturated carbocycles. The second-order valence-electron chi connectivity index (χ2n) is 6.50. The molecule has 0 amide bonds. The van der Waals surface area contributed by atoms with Crippen LogP contribution in [0.5, 0.6) is 11.5 Å². The maximum atomic E-state index is 6.83. The van der Waals surface area contributed by atoms with Crippen molar-refractivity contribution in [3.05, 3.63) is 47.5 Å². The minimum absolute atomic E-state index is 0.695. The van der Waals surface area contributed by atoms with Crippen LogP contribution in [0, 0.1) is 0 Å². The topological polar surface area (TPSA) is 18.5 Å². The van der Waals surface area contributed by atoms with Crippen LogP contribution in [0.25, 0.3) is 0 Å². The molecule has 0 bridgehead atoms. The number of unbranched alkanes of at least 4 members (excludes halogenated alkanes) is 4. The molecule has 0 saturated heterocycles. The molecule has 27 heavy (non-hydrogen) atoms. The van der Waals surface area contributed by atoms with Gasteiger partial charge in [-0.05, 0) is 42.4 Å². The molecule has 0 aliphatic carbocycles. The Hall–Kier alpha value is -0.950. The summed E-state index contributed by atoms with van der Waals surface area (Å²) < 4.78 is 12.0. The Bertz CT molecular complexity index is 677. The Morgan fingerprint density at radius 3 is 2.07 bits per heavy atom. The van der Waals surface area contributed by atoms with Crippen LogP contribution in [0.3, 0.4) is 0 Å². The molecule has 2 aromatic rings. The van der Waals surface area contributed by atoms with Gasteiger partial charge in [0.05, 0.1) is 20.5 Å². The van der Waals surface area contributed by atoms with Crippen LogP contribution in [0.15, 0.2) is 42.5 Å². The Morgan fingerprint density at radius 2 is 1.44 bits per heavy atom. The number of halogens is 2. The molecule has 2 nitrogen and oxygen atoms in total. The van der Waals surface area contributed by atoms with E-state index < -0.39 is 7.27 Å². The minimum atomic E-state index is -1.03. The van der Waals surface area contributed by atoms with Gasteiger partial charge in [0, 0.05) is 16.4 Å². The molecule has 0 heterocycles. The van der Waals surface area contributed by atoms with E-state index in [4.69, 9.17) is 32.3 Å². The molecular weight excluding hydrogens is 398 g/mol. The van der Waals surface area contributed by atoms with Crippen LogP contribution in [0.2, 0.25) is 5.02 Å². The van der Waals surface area contributed by atoms with Crippen LogP contribution < -0.4 is 20.1 Å². The van der Waals surface area contributed by atoms with Crippen molar-refractivity contribution in [3.8, 4) is 11.5 Å². The third-order valence-electron chi connectivity index (χ3n) is 4.22. The maximum Gasteiger partial charge on any atom is 0.132 e. The number of ether oxygens (including phenoxy) is 2. The first-order valence-corrected chi connectivity index (χ1v) is 12.4. The molecule has 0 N–H and O–H groups in total. The standard InChI is InChI=1S/C22H29Cl2O2P/c1-3-5-7-15-25-19-11-14-22(21(17-19)26-16-8-6-4-2)27(24)20-12-9-18(23)10-13-20/h9-14,17H,3-8,15-16H2,1-2H3. The zero-order valence-electron chi connectivity index (χ0n) is 16.2. The van der Waals surface area contributed by atoms with Gasteiger partial charge in [-0.1, -0.05) is 74.5 Å². The van der Waals surface area contributed by atoms with Crippen molar-refractivity contribution in [2.75, 3.05) is 13.2 Å². The third-order valence-corrected chi connectivity index (χ3v) is 7.15. The summed E-state index contributed by atoms with van der Waals surface area (Å²) in [4.78, 5) is 0. The van der Waals surface area contributed by atoms with E-state index in [1.165, 1.54) is 19.3 Å². The molecule has 0 fully saturated rings. The van der Waals surface area contributed by atoms with Gasteiger partial charge in [0.25, 0.3) is 0 Å². The summed E-state index contributed by atoms with van der Waals surface area (Å²) in [5.41, 5.74) is 0. The summed E-state index contributed by atoms with van der Waals surface area (Å²) in [7, 11) is -1.03. The van der Waals surface area contributed by atoms with Crippen LogP contribution in [-0.2, 0) is 0 Å². The van der Waals surface area contributed by atoms with Gasteiger partial charge >= 0.3 is 0 Å². The molecule has 5 heteroatoms. The number of hydrogen-bond acceptors (Lipinski definition) is 2. The predicted molar refractivity (Wildman–Crippen MR) is 120 cm³/mol. The molecule has 2 rings (SSSR count). The van der Waals surface area contributed by atoms with Crippen molar-refractivity contribution in [2.45, 2.75) is 52.4 Å². The highest BCUT2D eigenvalue weighted by atomic mass is 35.7. The fourth-order valence-corrected chi connectivity index (χ4v) is 4.75. The smallest absolute Gasteiger partial charge is 0.132 e. The van der Waals surface area contributed by atoms with Gasteiger partial charge in [-0.15, -0.1) is 0 Å². The lowest BCUT2D eigenvalue weighted by Crippen LogP contribution is -2.13. The maximum absolute atomic E-state index is 6.83. The highest BCUT2D eigenvalue weighted by Gasteiger charge is 2.17. The SMILES string of the molecule is CCCCCOc1ccc(P(Cl)c2ccc(Cl)cc2)c(OCCCCC)c1. The third kappa shape index (κ3) is 7.53. The van der Waals surface area contributed by atoms with Crippen molar-refractivity contribution < 1.29 is 9.47 Å². The van der Waals surface area contributed by atoms with Gasteiger partial charge in [0.1, 0.15) is 11.5 Å². The van der Waals surface area contributed by atoms with E-state index in [1.54, 1.807) is 0 Å². The van der Waals surface area contributed by atoms with Gasteiger partial charge in [-0.2, -0.15) is 0 Å². The second kappa shape index (κ2) is 12.5. The molecule has 0 aliphatic rings. The van der Waals surface area contributed by atoms with E-state index in [0.717, 1.165) is 48.0 Å². The Kier molecular flexibility index (Phi) is 10.3. The van der Waals surface area contributed by atoms with E-state index in [9.17, 15) is 0 Å². The summed E-state index contributed by atoms with van der Waals surface area (Å²) in [6, 6.07) is 13.7. The second-order valence-corrected chi connectivity index (χ2v) is 9.51. The largest absolute Gasteiger partial charge is 0.493 e. The van der Waals surface area contributed by atoms with Crippen molar-refractivity contribution in [3.63, 3.8) is 0 Å². The van der Waals surface area contributed by atoms with Crippen LogP contribution >= 0.6 is 30.1 Å². The Balaban J connectivity index is 2.15. The van der Waals surface area contributed by atoms with E-state index in [0.29, 0.717) is 11.6 Å². The summed E-state index contributed by atoms with van der Waals surface area (Å²) in [5, 5.41) is 2.79. The Morgan fingerprint density at radius 1 is 0.815 bits per heavy atom. The lowest BCUT2D eigenvalue weighted by Gasteiger charge is -2.17. The summed E-state index contributed by atoms with van der Waals surface area (Å²) in [6.45, 7) is 5.81. The fourth-order valence-electron chi connectivity index (χ4n) is 2.65. The van der Waals surface area contributed by atoms with Gasteiger partial charge in [0.15, 0.2) is 0 Å². The molecular formula is C22H29Cl2O2P. The van der Waals surface area contributed by atoms with Gasteiger partial charge < -0.3 is 9.47 Å². The van der Waals surface area contributed by atoms with Gasteiger partial charge in [-0.3, -0.25) is 0 Å². The van der Waals surface area contributed by atoms with E-state index >= 15 is 0 Å². The molecule has 0 aromatic heterocycles. The number of hydrogen-bond donors (Lipinski definition) is 0. The average molecular weight is 427 g/mol. The van der Waals surface area contributed by atoms with Crippen molar-refractivity contribution >= 4 is 40.7 Å². The minimum Gasteiger partial charge on any atom is -0.493 e. The first-order valence-electron chi connectivity index (χ1n) is 9.76. The number of rotatable bonds is 12. The molecule has 2 aromatic carbocycles. The predicted octanol–water partition coefficient (Wildman–Crippen LogP) is 7.06. The van der Waals surface area contributed by atoms with Crippen LogP contribution in [-0.4, -0.2) is 13.2 Å². The van der Waals surface area contributed by atoms with Crippen LogP contribution in [0.1, 0.15) is 52.4 Å². The average Bonchev–Trinajstić information content (AvgIpc) is 2.69. The lowest BCUT2D eigenvalue weighted by atomic mass is 10.2. The highest BCUT2D eigenvalue weighted by molar-refractivity contribution is 7.95. The molecule has 1 unspecified atom stereocenters. The monoisotopic (exact) mass is 426 g/mol. The zero-order valence-corrected chi connectivity index (χ0v) is 18.6. The fraction of sp³-hybridized carbons (Fsp3) is 0.455. The van der Waals surface area contributed by atoms with Gasteiger partial charge in [-0.25, -0.2) is 0 Å².